The first-order valence-corrected chi connectivity index (χ1v) is 6.20. The van der Waals surface area contributed by atoms with Gasteiger partial charge in [-0.3, -0.25) is 10.1 Å². The molecular formula is C12H13N5O5. The van der Waals surface area contributed by atoms with E-state index in [0.29, 0.717) is 0 Å². The number of nitro benzene ring substituents is 1. The summed E-state index contributed by atoms with van der Waals surface area (Å²) in [7, 11) is 1.32. The lowest BCUT2D eigenvalue weighted by Crippen LogP contribution is -2.09. The topological polar surface area (TPSA) is 135 Å². The van der Waals surface area contributed by atoms with E-state index in [1.165, 1.54) is 25.3 Å². The normalized spacial score (nSPS) is 10.3. The van der Waals surface area contributed by atoms with E-state index < -0.39 is 10.9 Å². The van der Waals surface area contributed by atoms with Crippen LogP contribution < -0.4 is 10.5 Å². The highest BCUT2D eigenvalue weighted by Gasteiger charge is 2.22. The minimum Gasteiger partial charge on any atom is -0.490 e. The first-order chi connectivity index (χ1) is 10.5. The molecule has 2 rings (SSSR count). The minimum atomic E-state index is -0.714. The largest absolute Gasteiger partial charge is 0.490 e. The van der Waals surface area contributed by atoms with Crippen molar-refractivity contribution in [2.45, 2.75) is 6.92 Å². The van der Waals surface area contributed by atoms with Gasteiger partial charge < -0.3 is 15.2 Å². The molecule has 0 fully saturated rings. The van der Waals surface area contributed by atoms with Gasteiger partial charge in [0.25, 0.3) is 0 Å². The van der Waals surface area contributed by atoms with Crippen LogP contribution in [0, 0.1) is 10.1 Å². The number of carbonyl (C=O) groups excluding carboxylic acids is 1. The van der Waals surface area contributed by atoms with Crippen molar-refractivity contribution in [2.24, 2.45) is 0 Å². The highest BCUT2D eigenvalue weighted by atomic mass is 16.6. The number of anilines is 1. The van der Waals surface area contributed by atoms with Gasteiger partial charge in [0.1, 0.15) is 0 Å². The van der Waals surface area contributed by atoms with Crippen molar-refractivity contribution in [3.05, 3.63) is 34.0 Å². The molecule has 0 saturated heterocycles. The number of benzene rings is 1. The summed E-state index contributed by atoms with van der Waals surface area (Å²) in [5.41, 5.74) is 5.66. The number of hydrogen-bond acceptors (Lipinski definition) is 8. The molecule has 1 heterocycles. The number of aromatic nitrogens is 3. The van der Waals surface area contributed by atoms with E-state index in [-0.39, 0.29) is 35.2 Å². The Bertz CT molecular complexity index is 727. The van der Waals surface area contributed by atoms with Crippen LogP contribution in [0.4, 0.5) is 11.5 Å². The van der Waals surface area contributed by atoms with Crippen LogP contribution in [-0.2, 0) is 4.74 Å². The number of ether oxygens (including phenoxy) is 2. The van der Waals surface area contributed by atoms with Crippen molar-refractivity contribution in [2.75, 3.05) is 19.5 Å². The van der Waals surface area contributed by atoms with E-state index in [1.807, 2.05) is 0 Å². The van der Waals surface area contributed by atoms with Crippen LogP contribution in [0.15, 0.2) is 18.2 Å². The van der Waals surface area contributed by atoms with Gasteiger partial charge in [0.05, 0.1) is 24.3 Å². The Hall–Kier alpha value is -3.17. The first-order valence-electron chi connectivity index (χ1n) is 6.20. The maximum Gasteiger partial charge on any atom is 0.362 e. The fourth-order valence-electron chi connectivity index (χ4n) is 1.78. The average molecular weight is 307 g/mol. The highest BCUT2D eigenvalue weighted by molar-refractivity contribution is 5.92. The number of nitrogens with zero attached hydrogens (tertiary/aromatic N) is 4. The third-order valence-corrected chi connectivity index (χ3v) is 2.78. The molecule has 0 saturated carbocycles. The Kier molecular flexibility index (Phi) is 4.20. The standard InChI is InChI=1S/C12H13N5O5/c1-3-22-12(18)10-11(13)16(15-14-10)7-4-5-9(21-2)8(6-7)17(19)20/h4-6H,3,13H2,1-2H3. The summed E-state index contributed by atoms with van der Waals surface area (Å²) in [5.74, 6) is -0.690. The second-order valence-electron chi connectivity index (χ2n) is 4.07. The van der Waals surface area contributed by atoms with Gasteiger partial charge in [0.2, 0.25) is 5.69 Å². The third-order valence-electron chi connectivity index (χ3n) is 2.78. The van der Waals surface area contributed by atoms with Crippen LogP contribution in [0.25, 0.3) is 5.69 Å². The SMILES string of the molecule is CCOC(=O)c1nnn(-c2ccc(OC)c([N+](=O)[O-])c2)c1N. The monoisotopic (exact) mass is 307 g/mol. The number of nitrogens with two attached hydrogens (primary N) is 1. The summed E-state index contributed by atoms with van der Waals surface area (Å²) in [4.78, 5) is 22.1. The maximum atomic E-state index is 11.6. The van der Waals surface area contributed by atoms with E-state index in [2.05, 4.69) is 10.3 Å². The van der Waals surface area contributed by atoms with Crippen LogP contribution >= 0.6 is 0 Å². The summed E-state index contributed by atoms with van der Waals surface area (Å²) >= 11 is 0. The zero-order valence-electron chi connectivity index (χ0n) is 11.8. The van der Waals surface area contributed by atoms with Crippen LogP contribution in [0.2, 0.25) is 0 Å². The number of esters is 1. The molecule has 0 amide bonds. The van der Waals surface area contributed by atoms with Crippen LogP contribution in [0.3, 0.4) is 0 Å². The summed E-state index contributed by atoms with van der Waals surface area (Å²) in [6.45, 7) is 1.81. The summed E-state index contributed by atoms with van der Waals surface area (Å²) in [6.07, 6.45) is 0. The van der Waals surface area contributed by atoms with Crippen molar-refractivity contribution in [3.8, 4) is 11.4 Å². The Morgan fingerprint density at radius 3 is 2.82 bits per heavy atom. The number of carbonyl (C=O) groups is 1. The quantitative estimate of drug-likeness (QED) is 0.489. The van der Waals surface area contributed by atoms with Crippen molar-refractivity contribution in [3.63, 3.8) is 0 Å². The van der Waals surface area contributed by atoms with Gasteiger partial charge in [0.15, 0.2) is 11.6 Å². The van der Waals surface area contributed by atoms with Gasteiger partial charge >= 0.3 is 11.7 Å². The molecule has 2 aromatic rings. The van der Waals surface area contributed by atoms with Crippen LogP contribution in [0.5, 0.6) is 5.75 Å². The Morgan fingerprint density at radius 1 is 1.50 bits per heavy atom. The molecule has 0 aliphatic rings. The second-order valence-corrected chi connectivity index (χ2v) is 4.07. The third kappa shape index (κ3) is 2.66. The fourth-order valence-corrected chi connectivity index (χ4v) is 1.78. The van der Waals surface area contributed by atoms with Gasteiger partial charge in [0, 0.05) is 6.07 Å². The van der Waals surface area contributed by atoms with Gasteiger partial charge in [-0.2, -0.15) is 4.68 Å². The summed E-state index contributed by atoms with van der Waals surface area (Å²) in [5, 5.41) is 18.4. The maximum absolute atomic E-state index is 11.6. The number of rotatable bonds is 5. The molecule has 1 aromatic heterocycles. The molecule has 0 bridgehead atoms. The summed E-state index contributed by atoms with van der Waals surface area (Å²) in [6, 6.07) is 4.13. The molecule has 10 heteroatoms. The van der Waals surface area contributed by atoms with Gasteiger partial charge in [-0.1, -0.05) is 5.21 Å². The average Bonchev–Trinajstić information content (AvgIpc) is 2.88. The fraction of sp³-hybridized carbons (Fsp3) is 0.250. The van der Waals surface area contributed by atoms with E-state index in [9.17, 15) is 14.9 Å². The molecule has 116 valence electrons. The molecule has 0 unspecified atom stereocenters. The van der Waals surface area contributed by atoms with Crippen molar-refractivity contribution in [1.82, 2.24) is 15.0 Å². The number of methoxy groups -OCH3 is 1. The molecule has 1 aromatic carbocycles. The molecule has 0 radical (unpaired) electrons. The van der Waals surface area contributed by atoms with E-state index in [1.54, 1.807) is 6.92 Å². The zero-order chi connectivity index (χ0) is 16.3. The van der Waals surface area contributed by atoms with E-state index in [4.69, 9.17) is 15.2 Å². The molecule has 10 nitrogen and oxygen atoms in total. The molecular weight excluding hydrogens is 294 g/mol. The number of hydrogen-bond donors (Lipinski definition) is 1. The first kappa shape index (κ1) is 15.2. The van der Waals surface area contributed by atoms with Gasteiger partial charge in [-0.15, -0.1) is 5.10 Å². The lowest BCUT2D eigenvalue weighted by Gasteiger charge is -2.06. The molecule has 0 atom stereocenters. The number of nitro groups is 1. The Labute approximate surface area is 124 Å². The smallest absolute Gasteiger partial charge is 0.362 e. The highest BCUT2D eigenvalue weighted by Crippen LogP contribution is 2.29. The molecule has 22 heavy (non-hydrogen) atoms. The van der Waals surface area contributed by atoms with Crippen molar-refractivity contribution in [1.29, 1.82) is 0 Å². The van der Waals surface area contributed by atoms with Gasteiger partial charge in [-0.25, -0.2) is 4.79 Å². The zero-order valence-corrected chi connectivity index (χ0v) is 11.8. The lowest BCUT2D eigenvalue weighted by molar-refractivity contribution is -0.385. The Balaban J connectivity index is 2.47. The predicted molar refractivity (Wildman–Crippen MR) is 74.9 cm³/mol. The minimum absolute atomic E-state index is 0.0714. The summed E-state index contributed by atoms with van der Waals surface area (Å²) < 4.78 is 10.8. The van der Waals surface area contributed by atoms with E-state index >= 15 is 0 Å². The Morgan fingerprint density at radius 2 is 2.23 bits per heavy atom. The lowest BCUT2D eigenvalue weighted by atomic mass is 10.2. The van der Waals surface area contributed by atoms with Crippen molar-refractivity contribution < 1.29 is 19.2 Å². The van der Waals surface area contributed by atoms with Crippen LogP contribution in [-0.4, -0.2) is 39.6 Å². The molecule has 0 aliphatic heterocycles. The van der Waals surface area contributed by atoms with Crippen LogP contribution in [0.1, 0.15) is 17.4 Å². The molecule has 2 N–H and O–H groups in total. The number of nitrogen functional groups attached to an aromatic ring is 1. The molecule has 0 aliphatic carbocycles. The molecule has 0 spiro atoms. The van der Waals surface area contributed by atoms with Crippen molar-refractivity contribution >= 4 is 17.5 Å². The predicted octanol–water partition coefficient (Wildman–Crippen LogP) is 0.943. The van der Waals surface area contributed by atoms with E-state index in [0.717, 1.165) is 4.68 Å². The second kappa shape index (κ2) is 6.08. The van der Waals surface area contributed by atoms with Gasteiger partial charge in [-0.05, 0) is 19.1 Å².